The summed E-state index contributed by atoms with van der Waals surface area (Å²) < 4.78 is 1.62. The van der Waals surface area contributed by atoms with E-state index in [1.807, 2.05) is 51.1 Å². The van der Waals surface area contributed by atoms with Crippen LogP contribution in [0.15, 0.2) is 30.3 Å². The van der Waals surface area contributed by atoms with Crippen molar-refractivity contribution in [2.24, 2.45) is 0 Å². The maximum atomic E-state index is 4.30. The summed E-state index contributed by atoms with van der Waals surface area (Å²) in [7, 11) is 0. The van der Waals surface area contributed by atoms with Crippen LogP contribution in [0.1, 0.15) is 17.0 Å². The highest BCUT2D eigenvalue weighted by Gasteiger charge is 2.08. The van der Waals surface area contributed by atoms with E-state index in [2.05, 4.69) is 30.8 Å². The van der Waals surface area contributed by atoms with Gasteiger partial charge in [0.2, 0.25) is 0 Å². The Bertz CT molecular complexity index is 761. The number of hydrogen-bond donors (Lipinski definition) is 1. The number of nitrogens with zero attached hydrogens (tertiary/aromatic N) is 6. The first kappa shape index (κ1) is 13.2. The summed E-state index contributed by atoms with van der Waals surface area (Å²) in [6, 6.07) is 9.86. The minimum absolute atomic E-state index is 0.353. The molecule has 0 saturated heterocycles. The molecule has 0 amide bonds. The number of rotatable bonds is 3. The van der Waals surface area contributed by atoms with Crippen molar-refractivity contribution < 1.29 is 0 Å². The third-order valence-electron chi connectivity index (χ3n) is 2.94. The topological polar surface area (TPSA) is 81.4 Å². The zero-order valence-electron chi connectivity index (χ0n) is 12.1. The predicted molar refractivity (Wildman–Crippen MR) is 78.7 cm³/mol. The molecule has 0 aliphatic rings. The number of hydrogen-bond acceptors (Lipinski definition) is 6. The van der Waals surface area contributed by atoms with Crippen LogP contribution < -0.4 is 5.32 Å². The second-order valence-corrected chi connectivity index (χ2v) is 4.86. The van der Waals surface area contributed by atoms with E-state index in [4.69, 9.17) is 0 Å². The van der Waals surface area contributed by atoms with Gasteiger partial charge in [-0.1, -0.05) is 12.1 Å². The fraction of sp³-hybridized carbons (Fsp3) is 0.214. The van der Waals surface area contributed by atoms with Gasteiger partial charge in [0.25, 0.3) is 11.9 Å². The van der Waals surface area contributed by atoms with Gasteiger partial charge in [-0.2, -0.15) is 5.10 Å². The molecule has 0 fully saturated rings. The minimum atomic E-state index is 0.353. The molecule has 7 heteroatoms. The lowest BCUT2D eigenvalue weighted by molar-refractivity contribution is 0.713. The molecule has 2 aromatic heterocycles. The van der Waals surface area contributed by atoms with Gasteiger partial charge in [0, 0.05) is 11.4 Å². The van der Waals surface area contributed by atoms with Crippen molar-refractivity contribution in [3.05, 3.63) is 47.3 Å². The average molecular weight is 281 g/mol. The van der Waals surface area contributed by atoms with E-state index >= 15 is 0 Å². The van der Waals surface area contributed by atoms with Crippen LogP contribution in [0.3, 0.4) is 0 Å². The summed E-state index contributed by atoms with van der Waals surface area (Å²) in [5, 5.41) is 23.5. The van der Waals surface area contributed by atoms with Gasteiger partial charge < -0.3 is 5.32 Å². The molecular formula is C14H15N7. The van der Waals surface area contributed by atoms with Crippen LogP contribution in [0.4, 0.5) is 11.6 Å². The summed E-state index contributed by atoms with van der Waals surface area (Å²) in [5.74, 6) is 0.710. The molecule has 3 rings (SSSR count). The second kappa shape index (κ2) is 5.28. The Morgan fingerprint density at radius 1 is 0.952 bits per heavy atom. The fourth-order valence-corrected chi connectivity index (χ4v) is 2.04. The molecule has 0 aliphatic heterocycles. The van der Waals surface area contributed by atoms with E-state index in [0.717, 1.165) is 22.6 Å². The molecule has 21 heavy (non-hydrogen) atoms. The Hall–Kier alpha value is -2.83. The molecule has 106 valence electrons. The third-order valence-corrected chi connectivity index (χ3v) is 2.94. The van der Waals surface area contributed by atoms with Gasteiger partial charge in [0.05, 0.1) is 5.69 Å². The highest BCUT2D eigenvalue weighted by molar-refractivity contribution is 5.53. The Labute approximate surface area is 122 Å². The quantitative estimate of drug-likeness (QED) is 0.792. The normalized spacial score (nSPS) is 10.6. The molecule has 2 heterocycles. The van der Waals surface area contributed by atoms with Crippen LogP contribution in [0.2, 0.25) is 0 Å². The summed E-state index contributed by atoms with van der Waals surface area (Å²) >= 11 is 0. The van der Waals surface area contributed by atoms with E-state index in [1.165, 1.54) is 0 Å². The van der Waals surface area contributed by atoms with Gasteiger partial charge in [-0.15, -0.1) is 20.4 Å². The Balaban J connectivity index is 1.83. The molecule has 0 bridgehead atoms. The largest absolute Gasteiger partial charge is 0.322 e. The van der Waals surface area contributed by atoms with Crippen molar-refractivity contribution in [2.75, 3.05) is 5.32 Å². The van der Waals surface area contributed by atoms with Crippen LogP contribution in [0.25, 0.3) is 5.95 Å². The van der Waals surface area contributed by atoms with Crippen LogP contribution >= 0.6 is 0 Å². The minimum Gasteiger partial charge on any atom is -0.322 e. The number of aromatic nitrogens is 6. The molecule has 0 saturated carbocycles. The molecule has 0 aliphatic carbocycles. The standard InChI is InChI=1S/C14H15N7/c1-9-5-4-6-12(7-9)15-13-16-18-14(19-17-13)21-11(3)8-10(2)20-21/h4-8H,1-3H3,(H,15,16,17). The Morgan fingerprint density at radius 2 is 1.71 bits per heavy atom. The number of aryl methyl sites for hydroxylation is 3. The Morgan fingerprint density at radius 3 is 2.33 bits per heavy atom. The maximum Gasteiger partial charge on any atom is 0.289 e. The predicted octanol–water partition coefficient (Wildman–Crippen LogP) is 2.12. The van der Waals surface area contributed by atoms with Crippen molar-refractivity contribution >= 4 is 11.6 Å². The van der Waals surface area contributed by atoms with E-state index in [1.54, 1.807) is 4.68 Å². The first-order valence-corrected chi connectivity index (χ1v) is 6.56. The van der Waals surface area contributed by atoms with Crippen molar-refractivity contribution in [2.45, 2.75) is 20.8 Å². The lowest BCUT2D eigenvalue weighted by atomic mass is 10.2. The highest BCUT2D eigenvalue weighted by atomic mass is 15.5. The van der Waals surface area contributed by atoms with E-state index < -0.39 is 0 Å². The fourth-order valence-electron chi connectivity index (χ4n) is 2.04. The van der Waals surface area contributed by atoms with Gasteiger partial charge in [-0.25, -0.2) is 4.68 Å². The summed E-state index contributed by atoms with van der Waals surface area (Å²) in [4.78, 5) is 0. The van der Waals surface area contributed by atoms with Crippen molar-refractivity contribution in [1.82, 2.24) is 30.2 Å². The van der Waals surface area contributed by atoms with Crippen LogP contribution in [-0.4, -0.2) is 30.2 Å². The second-order valence-electron chi connectivity index (χ2n) is 4.86. The van der Waals surface area contributed by atoms with Crippen LogP contribution in [0, 0.1) is 20.8 Å². The molecule has 3 aromatic rings. The first-order chi connectivity index (χ1) is 10.1. The highest BCUT2D eigenvalue weighted by Crippen LogP contribution is 2.13. The summed E-state index contributed by atoms with van der Waals surface area (Å²) in [6.07, 6.45) is 0. The molecule has 0 spiro atoms. The third kappa shape index (κ3) is 2.86. The lowest BCUT2D eigenvalue weighted by Gasteiger charge is -2.05. The SMILES string of the molecule is Cc1cccc(Nc2nnc(-n3nc(C)cc3C)nn2)c1. The van der Waals surface area contributed by atoms with E-state index in [0.29, 0.717) is 11.9 Å². The van der Waals surface area contributed by atoms with Gasteiger partial charge >= 0.3 is 0 Å². The van der Waals surface area contributed by atoms with E-state index in [9.17, 15) is 0 Å². The van der Waals surface area contributed by atoms with Gasteiger partial charge in [-0.3, -0.25) is 0 Å². The number of nitrogens with one attached hydrogen (secondary N) is 1. The average Bonchev–Trinajstić information content (AvgIpc) is 2.79. The molecule has 0 unspecified atom stereocenters. The maximum absolute atomic E-state index is 4.30. The summed E-state index contributed by atoms with van der Waals surface area (Å²) in [6.45, 7) is 5.87. The zero-order chi connectivity index (χ0) is 14.8. The first-order valence-electron chi connectivity index (χ1n) is 6.56. The molecule has 0 atom stereocenters. The van der Waals surface area contributed by atoms with Gasteiger partial charge in [0.1, 0.15) is 0 Å². The molecule has 0 radical (unpaired) electrons. The van der Waals surface area contributed by atoms with E-state index in [-0.39, 0.29) is 0 Å². The van der Waals surface area contributed by atoms with Crippen molar-refractivity contribution in [3.8, 4) is 5.95 Å². The molecular weight excluding hydrogens is 266 g/mol. The zero-order valence-corrected chi connectivity index (χ0v) is 12.1. The van der Waals surface area contributed by atoms with Gasteiger partial charge in [0.15, 0.2) is 0 Å². The smallest absolute Gasteiger partial charge is 0.289 e. The number of benzene rings is 1. The van der Waals surface area contributed by atoms with Crippen LogP contribution in [-0.2, 0) is 0 Å². The lowest BCUT2D eigenvalue weighted by Crippen LogP contribution is -2.10. The van der Waals surface area contributed by atoms with Gasteiger partial charge in [-0.05, 0) is 44.5 Å². The van der Waals surface area contributed by atoms with Crippen molar-refractivity contribution in [3.63, 3.8) is 0 Å². The molecule has 1 N–H and O–H groups in total. The summed E-state index contributed by atoms with van der Waals surface area (Å²) in [5.41, 5.74) is 3.89. The Kier molecular flexibility index (Phi) is 3.31. The molecule has 7 nitrogen and oxygen atoms in total. The number of anilines is 2. The monoisotopic (exact) mass is 281 g/mol. The molecule has 1 aromatic carbocycles. The van der Waals surface area contributed by atoms with Crippen molar-refractivity contribution in [1.29, 1.82) is 0 Å². The van der Waals surface area contributed by atoms with Crippen LogP contribution in [0.5, 0.6) is 0 Å².